The molecule has 1 fully saturated rings. The smallest absolute Gasteiger partial charge is 0.184 e. The Bertz CT molecular complexity index is 941. The predicted molar refractivity (Wildman–Crippen MR) is 130 cm³/mol. The number of hydrogen-bond donors (Lipinski definition) is 1. The predicted octanol–water partition coefficient (Wildman–Crippen LogP) is 4.85. The highest BCUT2D eigenvalue weighted by molar-refractivity contribution is 9.09. The van der Waals surface area contributed by atoms with Gasteiger partial charge < -0.3 is 24.1 Å². The first-order valence-electron chi connectivity index (χ1n) is 11.1. The topological polar surface area (TPSA) is 57.2 Å². The molecule has 0 aromatic heterocycles. The van der Waals surface area contributed by atoms with Crippen molar-refractivity contribution in [2.75, 3.05) is 5.33 Å². The number of alkyl halides is 1. The molecule has 0 saturated carbocycles. The Labute approximate surface area is 203 Å². The molecular weight excluding hydrogens is 484 g/mol. The molecule has 0 bridgehead atoms. The summed E-state index contributed by atoms with van der Waals surface area (Å²) in [6.07, 6.45) is -3.18. The van der Waals surface area contributed by atoms with Crippen LogP contribution in [0.25, 0.3) is 0 Å². The van der Waals surface area contributed by atoms with Gasteiger partial charge in [0, 0.05) is 5.33 Å². The van der Waals surface area contributed by atoms with Gasteiger partial charge in [-0.1, -0.05) is 107 Å². The molecule has 5 nitrogen and oxygen atoms in total. The van der Waals surface area contributed by atoms with E-state index in [1.165, 1.54) is 0 Å². The van der Waals surface area contributed by atoms with Crippen LogP contribution in [0.15, 0.2) is 91.0 Å². The van der Waals surface area contributed by atoms with Crippen LogP contribution in [0.1, 0.15) is 16.7 Å². The van der Waals surface area contributed by atoms with Crippen LogP contribution in [0.3, 0.4) is 0 Å². The number of aliphatic hydroxyl groups excluding tert-OH is 1. The minimum absolute atomic E-state index is 0.335. The molecule has 0 radical (unpaired) electrons. The first kappa shape index (κ1) is 24.1. The van der Waals surface area contributed by atoms with Crippen LogP contribution < -0.4 is 0 Å². The lowest BCUT2D eigenvalue weighted by molar-refractivity contribution is -0.307. The van der Waals surface area contributed by atoms with Crippen molar-refractivity contribution in [3.63, 3.8) is 0 Å². The van der Waals surface area contributed by atoms with Gasteiger partial charge in [0.25, 0.3) is 0 Å². The van der Waals surface area contributed by atoms with Gasteiger partial charge in [-0.25, -0.2) is 0 Å². The van der Waals surface area contributed by atoms with Gasteiger partial charge in [-0.3, -0.25) is 0 Å². The molecule has 1 heterocycles. The van der Waals surface area contributed by atoms with Crippen LogP contribution in [0.2, 0.25) is 0 Å². The standard InChI is InChI=1S/C27H29BrO5/c28-16-23-24(30-17-20-10-4-1-5-11-20)25(31-18-21-12-6-2-7-13-21)26(27(29)33-23)32-19-22-14-8-3-9-15-22/h1-15,23-27,29H,16-19H2. The second-order valence-corrected chi connectivity index (χ2v) is 8.65. The third-order valence-corrected chi connectivity index (χ3v) is 6.26. The quantitative estimate of drug-likeness (QED) is 0.393. The van der Waals surface area contributed by atoms with Crippen LogP contribution in [0.5, 0.6) is 0 Å². The number of hydrogen-bond acceptors (Lipinski definition) is 5. The zero-order valence-corrected chi connectivity index (χ0v) is 19.9. The van der Waals surface area contributed by atoms with E-state index >= 15 is 0 Å². The maximum atomic E-state index is 10.8. The Morgan fingerprint density at radius 3 is 1.42 bits per heavy atom. The van der Waals surface area contributed by atoms with Crippen LogP contribution in [0.4, 0.5) is 0 Å². The van der Waals surface area contributed by atoms with Crippen molar-refractivity contribution in [2.45, 2.75) is 50.5 Å². The molecule has 4 rings (SSSR count). The highest BCUT2D eigenvalue weighted by Crippen LogP contribution is 2.30. The minimum Gasteiger partial charge on any atom is -0.368 e. The van der Waals surface area contributed by atoms with Gasteiger partial charge in [-0.05, 0) is 16.7 Å². The Balaban J connectivity index is 1.53. The second-order valence-electron chi connectivity index (χ2n) is 8.00. The van der Waals surface area contributed by atoms with Crippen molar-refractivity contribution in [3.05, 3.63) is 108 Å². The van der Waals surface area contributed by atoms with E-state index in [1.807, 2.05) is 91.0 Å². The summed E-state index contributed by atoms with van der Waals surface area (Å²) in [7, 11) is 0. The molecule has 1 aliphatic rings. The van der Waals surface area contributed by atoms with Crippen LogP contribution in [0, 0.1) is 0 Å². The highest BCUT2D eigenvalue weighted by atomic mass is 79.9. The molecule has 0 amide bonds. The molecule has 0 spiro atoms. The Kier molecular flexibility index (Phi) is 9.06. The van der Waals surface area contributed by atoms with E-state index in [0.717, 1.165) is 16.7 Å². The molecule has 1 saturated heterocycles. The molecule has 33 heavy (non-hydrogen) atoms. The average Bonchev–Trinajstić information content (AvgIpc) is 2.87. The van der Waals surface area contributed by atoms with E-state index in [4.69, 9.17) is 18.9 Å². The summed E-state index contributed by atoms with van der Waals surface area (Å²) in [5.74, 6) is 0. The largest absolute Gasteiger partial charge is 0.368 e. The molecule has 1 aliphatic heterocycles. The molecule has 3 aromatic rings. The van der Waals surface area contributed by atoms with Crippen molar-refractivity contribution in [3.8, 4) is 0 Å². The zero-order valence-electron chi connectivity index (χ0n) is 18.3. The summed E-state index contributed by atoms with van der Waals surface area (Å²) in [4.78, 5) is 0. The number of benzene rings is 3. The fourth-order valence-electron chi connectivity index (χ4n) is 3.89. The van der Waals surface area contributed by atoms with Gasteiger partial charge in [0.1, 0.15) is 18.3 Å². The third kappa shape index (κ3) is 6.73. The fourth-order valence-corrected chi connectivity index (χ4v) is 4.41. The van der Waals surface area contributed by atoms with Gasteiger partial charge in [0.05, 0.1) is 25.9 Å². The molecule has 6 heteroatoms. The summed E-state index contributed by atoms with van der Waals surface area (Å²) < 4.78 is 24.8. The van der Waals surface area contributed by atoms with E-state index in [1.54, 1.807) is 0 Å². The molecule has 0 aliphatic carbocycles. The summed E-state index contributed by atoms with van der Waals surface area (Å²) in [5, 5.41) is 11.3. The van der Waals surface area contributed by atoms with Crippen molar-refractivity contribution >= 4 is 15.9 Å². The van der Waals surface area contributed by atoms with E-state index in [-0.39, 0.29) is 6.10 Å². The summed E-state index contributed by atoms with van der Waals surface area (Å²) in [5.41, 5.74) is 3.11. The lowest BCUT2D eigenvalue weighted by Gasteiger charge is -2.44. The van der Waals surface area contributed by atoms with Crippen molar-refractivity contribution < 1.29 is 24.1 Å². The Hall–Kier alpha value is -2.06. The molecule has 5 atom stereocenters. The summed E-state index contributed by atoms with van der Waals surface area (Å²) >= 11 is 3.51. The van der Waals surface area contributed by atoms with Gasteiger partial charge in [0.2, 0.25) is 0 Å². The van der Waals surface area contributed by atoms with E-state index in [9.17, 15) is 5.11 Å². The molecule has 1 N–H and O–H groups in total. The minimum atomic E-state index is -1.13. The molecule has 5 unspecified atom stereocenters. The van der Waals surface area contributed by atoms with Gasteiger partial charge >= 0.3 is 0 Å². The first-order valence-corrected chi connectivity index (χ1v) is 12.2. The second kappa shape index (κ2) is 12.4. The highest BCUT2D eigenvalue weighted by Gasteiger charge is 2.47. The molecule has 174 valence electrons. The monoisotopic (exact) mass is 512 g/mol. The first-order chi connectivity index (χ1) is 16.2. The number of ether oxygens (including phenoxy) is 4. The van der Waals surface area contributed by atoms with E-state index in [2.05, 4.69) is 15.9 Å². The normalized spacial score (nSPS) is 25.1. The number of aliphatic hydroxyl groups is 1. The summed E-state index contributed by atoms with van der Waals surface area (Å²) in [6.45, 7) is 1.12. The lowest BCUT2D eigenvalue weighted by atomic mass is 9.98. The zero-order chi connectivity index (χ0) is 22.9. The molecular formula is C27H29BrO5. The van der Waals surface area contributed by atoms with Crippen molar-refractivity contribution in [1.29, 1.82) is 0 Å². The maximum absolute atomic E-state index is 10.8. The van der Waals surface area contributed by atoms with Gasteiger partial charge in [-0.2, -0.15) is 0 Å². The average molecular weight is 513 g/mol. The van der Waals surface area contributed by atoms with Crippen molar-refractivity contribution in [2.24, 2.45) is 0 Å². The SMILES string of the molecule is OC1OC(CBr)C(OCc2ccccc2)C(OCc2ccccc2)C1OCc1ccccc1. The van der Waals surface area contributed by atoms with Crippen molar-refractivity contribution in [1.82, 2.24) is 0 Å². The number of halogens is 1. The van der Waals surface area contributed by atoms with Gasteiger partial charge in [0.15, 0.2) is 6.29 Å². The molecule has 3 aromatic carbocycles. The lowest BCUT2D eigenvalue weighted by Crippen LogP contribution is -2.60. The van der Waals surface area contributed by atoms with Crippen LogP contribution >= 0.6 is 15.9 Å². The third-order valence-electron chi connectivity index (χ3n) is 5.62. The Morgan fingerprint density at radius 1 is 0.606 bits per heavy atom. The maximum Gasteiger partial charge on any atom is 0.184 e. The Morgan fingerprint density at radius 2 is 1.00 bits per heavy atom. The van der Waals surface area contributed by atoms with E-state index in [0.29, 0.717) is 25.2 Å². The summed E-state index contributed by atoms with van der Waals surface area (Å²) in [6, 6.07) is 29.8. The van der Waals surface area contributed by atoms with Crippen LogP contribution in [-0.4, -0.2) is 41.1 Å². The fraction of sp³-hybridized carbons (Fsp3) is 0.333. The van der Waals surface area contributed by atoms with E-state index < -0.39 is 24.6 Å². The van der Waals surface area contributed by atoms with Crippen LogP contribution in [-0.2, 0) is 38.8 Å². The van der Waals surface area contributed by atoms with Gasteiger partial charge in [-0.15, -0.1) is 0 Å². The number of rotatable bonds is 10.